The Balaban J connectivity index is 2.12. The summed E-state index contributed by atoms with van der Waals surface area (Å²) in [5, 5.41) is 11.6. The summed E-state index contributed by atoms with van der Waals surface area (Å²) in [6.07, 6.45) is 0. The average molecular weight is 275 g/mol. The van der Waals surface area contributed by atoms with Crippen molar-refractivity contribution in [3.63, 3.8) is 0 Å². The molecule has 1 amide bonds. The summed E-state index contributed by atoms with van der Waals surface area (Å²) in [5.41, 5.74) is 1.52. The summed E-state index contributed by atoms with van der Waals surface area (Å²) in [6, 6.07) is 10.7. The second kappa shape index (κ2) is 6.16. The van der Waals surface area contributed by atoms with Crippen LogP contribution in [0.2, 0.25) is 0 Å². The van der Waals surface area contributed by atoms with Gasteiger partial charge in [0.05, 0.1) is 13.7 Å². The second-order valence-corrected chi connectivity index (χ2v) is 4.16. The number of hydrogen-bond acceptors (Lipinski definition) is 3. The highest BCUT2D eigenvalue weighted by Gasteiger charge is 2.10. The Kier molecular flexibility index (Phi) is 4.32. The molecule has 0 fully saturated rings. The molecule has 0 bridgehead atoms. The molecule has 0 atom stereocenters. The molecule has 2 N–H and O–H groups in total. The van der Waals surface area contributed by atoms with Crippen LogP contribution in [0.25, 0.3) is 0 Å². The zero-order valence-electron chi connectivity index (χ0n) is 10.9. The summed E-state index contributed by atoms with van der Waals surface area (Å²) in [4.78, 5) is 12.0. The average Bonchev–Trinajstić information content (AvgIpc) is 2.48. The van der Waals surface area contributed by atoms with E-state index in [0.29, 0.717) is 5.69 Å². The van der Waals surface area contributed by atoms with Gasteiger partial charge in [0.2, 0.25) is 0 Å². The van der Waals surface area contributed by atoms with E-state index in [1.54, 1.807) is 24.3 Å². The Hall–Kier alpha value is -2.40. The van der Waals surface area contributed by atoms with Crippen molar-refractivity contribution in [3.8, 4) is 5.75 Å². The zero-order chi connectivity index (χ0) is 14.5. The predicted octanol–water partition coefficient (Wildman–Crippen LogP) is 2.58. The zero-order valence-corrected chi connectivity index (χ0v) is 10.9. The van der Waals surface area contributed by atoms with Crippen LogP contribution in [0.1, 0.15) is 15.9 Å². The first kappa shape index (κ1) is 14.0. The Morgan fingerprint density at radius 1 is 1.25 bits per heavy atom. The lowest BCUT2D eigenvalue weighted by molar-refractivity contribution is 0.102. The molecule has 0 aliphatic carbocycles. The Bertz CT molecular complexity index is 611. The van der Waals surface area contributed by atoms with Crippen molar-refractivity contribution < 1.29 is 19.0 Å². The number of rotatable bonds is 4. The van der Waals surface area contributed by atoms with E-state index >= 15 is 0 Å². The van der Waals surface area contributed by atoms with Gasteiger partial charge in [0.1, 0.15) is 0 Å². The first-order valence-corrected chi connectivity index (χ1v) is 5.98. The molecule has 4 nitrogen and oxygen atoms in total. The van der Waals surface area contributed by atoms with Crippen LogP contribution < -0.4 is 10.1 Å². The highest BCUT2D eigenvalue weighted by molar-refractivity contribution is 6.04. The van der Waals surface area contributed by atoms with E-state index in [9.17, 15) is 9.18 Å². The number of aliphatic hydroxyl groups is 1. The molecule has 0 saturated heterocycles. The van der Waals surface area contributed by atoms with Gasteiger partial charge < -0.3 is 15.2 Å². The van der Waals surface area contributed by atoms with Crippen LogP contribution >= 0.6 is 0 Å². The van der Waals surface area contributed by atoms with Crippen LogP contribution in [0, 0.1) is 5.82 Å². The maximum atomic E-state index is 13.5. The smallest absolute Gasteiger partial charge is 0.255 e. The molecule has 104 valence electrons. The molecule has 20 heavy (non-hydrogen) atoms. The van der Waals surface area contributed by atoms with Crippen LogP contribution in [-0.4, -0.2) is 18.1 Å². The minimum atomic E-state index is -0.587. The number of amides is 1. The first-order chi connectivity index (χ1) is 9.63. The minimum Gasteiger partial charge on any atom is -0.494 e. The van der Waals surface area contributed by atoms with Gasteiger partial charge in [-0.05, 0) is 35.9 Å². The standard InChI is InChI=1S/C15H14FNO3/c1-20-14-7-4-11(8-13(14)16)15(19)17-12-5-2-10(9-18)3-6-12/h2-8,18H,9H2,1H3,(H,17,19). The van der Waals surface area contributed by atoms with Gasteiger partial charge in [0.25, 0.3) is 5.91 Å². The number of nitrogens with one attached hydrogen (secondary N) is 1. The number of hydrogen-bond donors (Lipinski definition) is 2. The van der Waals surface area contributed by atoms with E-state index in [2.05, 4.69) is 5.32 Å². The molecule has 0 radical (unpaired) electrons. The van der Waals surface area contributed by atoms with E-state index in [4.69, 9.17) is 9.84 Å². The van der Waals surface area contributed by atoms with E-state index in [1.165, 1.54) is 19.2 Å². The lowest BCUT2D eigenvalue weighted by Crippen LogP contribution is -2.12. The summed E-state index contributed by atoms with van der Waals surface area (Å²) < 4.78 is 18.3. The topological polar surface area (TPSA) is 58.6 Å². The van der Waals surface area contributed by atoms with Crippen molar-refractivity contribution in [2.45, 2.75) is 6.61 Å². The molecule has 0 spiro atoms. The maximum absolute atomic E-state index is 13.5. The molecule has 5 heteroatoms. The van der Waals surface area contributed by atoms with Gasteiger partial charge in [0.15, 0.2) is 11.6 Å². The fourth-order valence-corrected chi connectivity index (χ4v) is 1.70. The number of methoxy groups -OCH3 is 1. The van der Waals surface area contributed by atoms with E-state index in [0.717, 1.165) is 11.6 Å². The SMILES string of the molecule is COc1ccc(C(=O)Nc2ccc(CO)cc2)cc1F. The van der Waals surface area contributed by atoms with Crippen molar-refractivity contribution in [2.24, 2.45) is 0 Å². The Morgan fingerprint density at radius 3 is 2.50 bits per heavy atom. The number of benzene rings is 2. The molecule has 0 saturated carbocycles. The third kappa shape index (κ3) is 3.13. The quantitative estimate of drug-likeness (QED) is 0.901. The second-order valence-electron chi connectivity index (χ2n) is 4.16. The summed E-state index contributed by atoms with van der Waals surface area (Å²) in [5.74, 6) is -0.909. The van der Waals surface area contributed by atoms with E-state index in [-0.39, 0.29) is 17.9 Å². The van der Waals surface area contributed by atoms with Gasteiger partial charge in [0, 0.05) is 11.3 Å². The molecule has 0 aliphatic heterocycles. The number of ether oxygens (including phenoxy) is 1. The third-order valence-electron chi connectivity index (χ3n) is 2.81. The molecule has 0 aliphatic rings. The summed E-state index contributed by atoms with van der Waals surface area (Å²) in [6.45, 7) is -0.0576. The third-order valence-corrected chi connectivity index (χ3v) is 2.81. The van der Waals surface area contributed by atoms with Crippen LogP contribution in [0.3, 0.4) is 0 Å². The largest absolute Gasteiger partial charge is 0.494 e. The Labute approximate surface area is 115 Å². The maximum Gasteiger partial charge on any atom is 0.255 e. The van der Waals surface area contributed by atoms with Gasteiger partial charge in [-0.1, -0.05) is 12.1 Å². The van der Waals surface area contributed by atoms with Gasteiger partial charge in [-0.3, -0.25) is 4.79 Å². The van der Waals surface area contributed by atoms with Crippen LogP contribution in [0.15, 0.2) is 42.5 Å². The molecule has 0 heterocycles. The molecule has 0 unspecified atom stereocenters. The summed E-state index contributed by atoms with van der Waals surface area (Å²) >= 11 is 0. The highest BCUT2D eigenvalue weighted by Crippen LogP contribution is 2.18. The van der Waals surface area contributed by atoms with Gasteiger partial charge in [-0.25, -0.2) is 4.39 Å². The lowest BCUT2D eigenvalue weighted by atomic mass is 10.1. The van der Waals surface area contributed by atoms with E-state index < -0.39 is 11.7 Å². The first-order valence-electron chi connectivity index (χ1n) is 5.98. The normalized spacial score (nSPS) is 10.2. The number of carbonyl (C=O) groups is 1. The fourth-order valence-electron chi connectivity index (χ4n) is 1.70. The monoisotopic (exact) mass is 275 g/mol. The van der Waals surface area contributed by atoms with Crippen molar-refractivity contribution in [1.82, 2.24) is 0 Å². The minimum absolute atomic E-state index is 0.0576. The van der Waals surface area contributed by atoms with Crippen molar-refractivity contribution in [2.75, 3.05) is 12.4 Å². The number of aliphatic hydroxyl groups excluding tert-OH is 1. The van der Waals surface area contributed by atoms with Crippen LogP contribution in [0.5, 0.6) is 5.75 Å². The Morgan fingerprint density at radius 2 is 1.95 bits per heavy atom. The van der Waals surface area contributed by atoms with Crippen molar-refractivity contribution >= 4 is 11.6 Å². The fraction of sp³-hybridized carbons (Fsp3) is 0.133. The van der Waals surface area contributed by atoms with E-state index in [1.807, 2.05) is 0 Å². The molecule has 2 aromatic carbocycles. The highest BCUT2D eigenvalue weighted by atomic mass is 19.1. The van der Waals surface area contributed by atoms with Crippen LogP contribution in [-0.2, 0) is 6.61 Å². The molecule has 0 aromatic heterocycles. The predicted molar refractivity (Wildman–Crippen MR) is 73.3 cm³/mol. The van der Waals surface area contributed by atoms with Crippen molar-refractivity contribution in [3.05, 3.63) is 59.4 Å². The van der Waals surface area contributed by atoms with Gasteiger partial charge in [-0.2, -0.15) is 0 Å². The lowest BCUT2D eigenvalue weighted by Gasteiger charge is -2.07. The molecule has 2 aromatic rings. The number of carbonyl (C=O) groups excluding carboxylic acids is 1. The molecular weight excluding hydrogens is 261 g/mol. The molecular formula is C15H14FNO3. The van der Waals surface area contributed by atoms with Gasteiger partial charge in [-0.15, -0.1) is 0 Å². The van der Waals surface area contributed by atoms with Gasteiger partial charge >= 0.3 is 0 Å². The number of halogens is 1. The van der Waals surface area contributed by atoms with Crippen LogP contribution in [0.4, 0.5) is 10.1 Å². The molecule has 2 rings (SSSR count). The summed E-state index contributed by atoms with van der Waals surface area (Å²) in [7, 11) is 1.36. The van der Waals surface area contributed by atoms with Crippen molar-refractivity contribution in [1.29, 1.82) is 0 Å². The number of anilines is 1.